The summed E-state index contributed by atoms with van der Waals surface area (Å²) in [6, 6.07) is 0. The molecule has 1 saturated heterocycles. The number of alkyl halides is 1. The first-order valence-corrected chi connectivity index (χ1v) is 6.72. The van der Waals surface area contributed by atoms with E-state index in [9.17, 15) is 19.0 Å². The molecule has 0 saturated carbocycles. The molecule has 0 amide bonds. The van der Waals surface area contributed by atoms with Crippen molar-refractivity contribution in [2.45, 2.75) is 44.1 Å². The first kappa shape index (κ1) is 15.1. The Morgan fingerprint density at radius 2 is 2.18 bits per heavy atom. The second kappa shape index (κ2) is 4.83. The number of hydrogen-bond donors (Lipinski definition) is 3. The maximum atomic E-state index is 14.9. The van der Waals surface area contributed by atoms with E-state index in [1.807, 2.05) is 0 Å². The molecule has 120 valence electrons. The Kier molecular flexibility index (Phi) is 3.31. The topological polar surface area (TPSA) is 106 Å². The van der Waals surface area contributed by atoms with Crippen LogP contribution in [-0.4, -0.2) is 48.7 Å². The third-order valence-electron chi connectivity index (χ3n) is 3.98. The second-order valence-electron chi connectivity index (χ2n) is 5.63. The zero-order valence-electron chi connectivity index (χ0n) is 11.9. The monoisotopic (exact) mass is 314 g/mol. The summed E-state index contributed by atoms with van der Waals surface area (Å²) in [7, 11) is 0. The van der Waals surface area contributed by atoms with Crippen LogP contribution in [0.15, 0.2) is 12.5 Å². The molecule has 3 rings (SSSR count). The van der Waals surface area contributed by atoms with E-state index in [-0.39, 0.29) is 16.9 Å². The minimum atomic E-state index is -2.25. The minimum absolute atomic E-state index is 0.0445. The van der Waals surface area contributed by atoms with Gasteiger partial charge in [-0.25, -0.2) is 18.7 Å². The molecular formula is C13H16F2N4O3. The van der Waals surface area contributed by atoms with E-state index in [0.717, 1.165) is 24.0 Å². The molecule has 0 aromatic carbocycles. The van der Waals surface area contributed by atoms with Crippen LogP contribution in [0, 0.1) is 5.82 Å². The third-order valence-corrected chi connectivity index (χ3v) is 3.98. The number of nitrogen functional groups attached to an aromatic ring is 1. The van der Waals surface area contributed by atoms with Gasteiger partial charge in [0.1, 0.15) is 24.4 Å². The highest BCUT2D eigenvalue weighted by Gasteiger charge is 2.56. The van der Waals surface area contributed by atoms with E-state index in [0.29, 0.717) is 0 Å². The van der Waals surface area contributed by atoms with Crippen molar-refractivity contribution in [2.24, 2.45) is 0 Å². The molecule has 22 heavy (non-hydrogen) atoms. The quantitative estimate of drug-likeness (QED) is 0.746. The number of fused-ring (bicyclic) bond motifs is 1. The van der Waals surface area contributed by atoms with Gasteiger partial charge in [0.25, 0.3) is 0 Å². The molecule has 2 aromatic rings. The number of rotatable bonds is 2. The summed E-state index contributed by atoms with van der Waals surface area (Å²) in [5.41, 5.74) is 3.41. The van der Waals surface area contributed by atoms with Crippen molar-refractivity contribution in [2.75, 3.05) is 5.73 Å². The second-order valence-corrected chi connectivity index (χ2v) is 5.63. The summed E-state index contributed by atoms with van der Waals surface area (Å²) in [6.45, 7) is 2.50. The fraction of sp³-hybridized carbons (Fsp3) is 0.538. The third kappa shape index (κ3) is 1.97. The largest absolute Gasteiger partial charge is 0.391 e. The molecule has 1 fully saturated rings. The van der Waals surface area contributed by atoms with Crippen molar-refractivity contribution in [3.8, 4) is 0 Å². The Morgan fingerprint density at radius 3 is 2.77 bits per heavy atom. The Bertz CT molecular complexity index is 719. The van der Waals surface area contributed by atoms with Gasteiger partial charge in [-0.3, -0.25) is 4.57 Å². The number of aromatic nitrogens is 3. The van der Waals surface area contributed by atoms with Crippen LogP contribution < -0.4 is 5.73 Å². The van der Waals surface area contributed by atoms with Crippen LogP contribution in [0.25, 0.3) is 11.0 Å². The summed E-state index contributed by atoms with van der Waals surface area (Å²) in [6.07, 6.45) is -3.04. The molecular weight excluding hydrogens is 298 g/mol. The first-order chi connectivity index (χ1) is 10.2. The van der Waals surface area contributed by atoms with Crippen LogP contribution in [0.1, 0.15) is 20.1 Å². The van der Waals surface area contributed by atoms with Gasteiger partial charge >= 0.3 is 0 Å². The van der Waals surface area contributed by atoms with Gasteiger partial charge in [0.15, 0.2) is 23.4 Å². The van der Waals surface area contributed by atoms with Gasteiger partial charge in [0, 0.05) is 6.20 Å². The summed E-state index contributed by atoms with van der Waals surface area (Å²) >= 11 is 0. The Morgan fingerprint density at radius 1 is 1.50 bits per heavy atom. The molecule has 0 bridgehead atoms. The van der Waals surface area contributed by atoms with E-state index in [1.165, 1.54) is 6.92 Å². The lowest BCUT2D eigenvalue weighted by Crippen LogP contribution is -2.42. The first-order valence-electron chi connectivity index (χ1n) is 6.72. The van der Waals surface area contributed by atoms with Gasteiger partial charge in [-0.2, -0.15) is 0 Å². The van der Waals surface area contributed by atoms with Crippen LogP contribution in [0.4, 0.5) is 14.6 Å². The number of hydrogen-bond acceptors (Lipinski definition) is 6. The summed E-state index contributed by atoms with van der Waals surface area (Å²) < 4.78 is 35.5. The van der Waals surface area contributed by atoms with Crippen LogP contribution in [-0.2, 0) is 4.74 Å². The molecule has 4 N–H and O–H groups in total. The predicted octanol–water partition coefficient (Wildman–Crippen LogP) is 0.520. The van der Waals surface area contributed by atoms with Gasteiger partial charge in [0.05, 0.1) is 11.5 Å². The molecule has 5 atom stereocenters. The molecule has 1 aliphatic heterocycles. The fourth-order valence-electron chi connectivity index (χ4n) is 2.78. The molecule has 1 unspecified atom stereocenters. The Hall–Kier alpha value is -1.84. The minimum Gasteiger partial charge on any atom is -0.391 e. The van der Waals surface area contributed by atoms with Crippen molar-refractivity contribution < 1.29 is 23.7 Å². The lowest BCUT2D eigenvalue weighted by molar-refractivity contribution is -0.0795. The van der Waals surface area contributed by atoms with Crippen molar-refractivity contribution in [1.82, 2.24) is 14.5 Å². The van der Waals surface area contributed by atoms with E-state index in [4.69, 9.17) is 10.5 Å². The standard InChI is InChI=1S/C13H16F2N4O3/c1-5(20)8-9(21)13(2,15)12(22-8)19-3-6(14)7-10(16)17-4-18-11(7)19/h3-5,8-9,12,20-21H,1-2H3,(H2,16,17,18)/t5-,8+,9+,12?,13+/m0/s1. The van der Waals surface area contributed by atoms with Gasteiger partial charge in [-0.15, -0.1) is 0 Å². The summed E-state index contributed by atoms with van der Waals surface area (Å²) in [5.74, 6) is -0.796. The van der Waals surface area contributed by atoms with Crippen molar-refractivity contribution >= 4 is 16.9 Å². The van der Waals surface area contributed by atoms with Crippen molar-refractivity contribution in [1.29, 1.82) is 0 Å². The number of ether oxygens (including phenoxy) is 1. The number of aliphatic hydroxyl groups excluding tert-OH is 2. The normalized spacial score (nSPS) is 33.5. The maximum Gasteiger partial charge on any atom is 0.181 e. The van der Waals surface area contributed by atoms with E-state index < -0.39 is 36.0 Å². The SMILES string of the molecule is C[C@H](O)[C@H]1OC(n2cc(F)c3c(N)ncnc32)[C@](C)(F)[C@@H]1O. The molecule has 1 aliphatic rings. The smallest absolute Gasteiger partial charge is 0.181 e. The zero-order chi connectivity index (χ0) is 16.2. The predicted molar refractivity (Wildman–Crippen MR) is 73.0 cm³/mol. The van der Waals surface area contributed by atoms with Gasteiger partial charge in [0.2, 0.25) is 0 Å². The number of anilines is 1. The molecule has 2 aromatic heterocycles. The highest BCUT2D eigenvalue weighted by atomic mass is 19.1. The highest BCUT2D eigenvalue weighted by Crippen LogP contribution is 2.44. The van der Waals surface area contributed by atoms with Gasteiger partial charge < -0.3 is 20.7 Å². The lowest BCUT2D eigenvalue weighted by atomic mass is 9.96. The maximum absolute atomic E-state index is 14.9. The van der Waals surface area contributed by atoms with Gasteiger partial charge in [-0.1, -0.05) is 0 Å². The average Bonchev–Trinajstić information content (AvgIpc) is 2.87. The number of nitrogens with two attached hydrogens (primary N) is 1. The fourth-order valence-corrected chi connectivity index (χ4v) is 2.78. The molecule has 0 spiro atoms. The van der Waals surface area contributed by atoms with Crippen LogP contribution in [0.3, 0.4) is 0 Å². The number of halogens is 2. The Labute approximate surface area is 124 Å². The van der Waals surface area contributed by atoms with Crippen LogP contribution in [0.5, 0.6) is 0 Å². The molecule has 0 radical (unpaired) electrons. The zero-order valence-corrected chi connectivity index (χ0v) is 11.9. The average molecular weight is 314 g/mol. The molecule has 0 aliphatic carbocycles. The summed E-state index contributed by atoms with van der Waals surface area (Å²) in [5, 5.41) is 19.6. The summed E-state index contributed by atoms with van der Waals surface area (Å²) in [4.78, 5) is 7.60. The van der Waals surface area contributed by atoms with E-state index in [2.05, 4.69) is 9.97 Å². The Balaban J connectivity index is 2.14. The lowest BCUT2D eigenvalue weighted by Gasteiger charge is -2.25. The number of nitrogens with zero attached hydrogens (tertiary/aromatic N) is 3. The molecule has 9 heteroatoms. The van der Waals surface area contributed by atoms with Crippen molar-refractivity contribution in [3.05, 3.63) is 18.3 Å². The highest BCUT2D eigenvalue weighted by molar-refractivity contribution is 5.86. The van der Waals surface area contributed by atoms with Crippen LogP contribution in [0.2, 0.25) is 0 Å². The molecule has 3 heterocycles. The van der Waals surface area contributed by atoms with Crippen LogP contribution >= 0.6 is 0 Å². The number of aliphatic hydroxyl groups is 2. The van der Waals surface area contributed by atoms with E-state index >= 15 is 0 Å². The van der Waals surface area contributed by atoms with Crippen molar-refractivity contribution in [3.63, 3.8) is 0 Å². The molecule has 7 nitrogen and oxygen atoms in total. The van der Waals surface area contributed by atoms with E-state index in [1.54, 1.807) is 0 Å². The van der Waals surface area contributed by atoms with Gasteiger partial charge in [-0.05, 0) is 13.8 Å².